The van der Waals surface area contributed by atoms with Crippen LogP contribution in [0.4, 0.5) is 0 Å². The number of guanidine groups is 1. The second-order valence-electron chi connectivity index (χ2n) is 6.74. The standard InChI is InChI=1S/C20H31N5O2.HI/c1-6-21-20(23-13-16-10-9-15(4)12-17(16)26-5)22-11-7-8-18-24-19(14(2)3)25-27-18;/h9-10,12,14H,6-8,11,13H2,1-5H3,(H2,21,22,23);1H. The molecular weight excluding hydrogens is 469 g/mol. The summed E-state index contributed by atoms with van der Waals surface area (Å²) in [6, 6.07) is 6.16. The molecule has 1 aromatic heterocycles. The number of nitrogens with one attached hydrogen (secondary N) is 2. The van der Waals surface area contributed by atoms with Gasteiger partial charge < -0.3 is 19.9 Å². The Balaban J connectivity index is 0.00000392. The molecule has 7 nitrogen and oxygen atoms in total. The highest BCUT2D eigenvalue weighted by atomic mass is 127. The van der Waals surface area contributed by atoms with Gasteiger partial charge in [0.1, 0.15) is 5.75 Å². The van der Waals surface area contributed by atoms with Crippen molar-refractivity contribution in [2.24, 2.45) is 4.99 Å². The number of aryl methyl sites for hydroxylation is 2. The summed E-state index contributed by atoms with van der Waals surface area (Å²) in [7, 11) is 1.69. The third-order valence-electron chi connectivity index (χ3n) is 4.05. The maximum absolute atomic E-state index is 5.45. The predicted molar refractivity (Wildman–Crippen MR) is 123 cm³/mol. The summed E-state index contributed by atoms with van der Waals surface area (Å²) in [6.07, 6.45) is 1.63. The molecule has 0 unspecified atom stereocenters. The van der Waals surface area contributed by atoms with Crippen LogP contribution in [0.1, 0.15) is 56.0 Å². The fourth-order valence-electron chi connectivity index (χ4n) is 2.54. The van der Waals surface area contributed by atoms with Gasteiger partial charge in [0, 0.05) is 31.0 Å². The number of ether oxygens (including phenoxy) is 1. The summed E-state index contributed by atoms with van der Waals surface area (Å²) >= 11 is 0. The number of hydrogen-bond donors (Lipinski definition) is 2. The fourth-order valence-corrected chi connectivity index (χ4v) is 2.54. The minimum atomic E-state index is 0. The van der Waals surface area contributed by atoms with Crippen molar-refractivity contribution >= 4 is 29.9 Å². The maximum atomic E-state index is 5.45. The third kappa shape index (κ3) is 7.65. The number of methoxy groups -OCH3 is 1. The van der Waals surface area contributed by atoms with Crippen LogP contribution in [0.25, 0.3) is 0 Å². The van der Waals surface area contributed by atoms with Gasteiger partial charge in [0.15, 0.2) is 11.8 Å². The Morgan fingerprint density at radius 2 is 2.07 bits per heavy atom. The van der Waals surface area contributed by atoms with E-state index in [1.807, 2.05) is 6.07 Å². The normalized spacial score (nSPS) is 11.3. The maximum Gasteiger partial charge on any atom is 0.226 e. The Morgan fingerprint density at radius 3 is 2.71 bits per heavy atom. The van der Waals surface area contributed by atoms with Crippen molar-refractivity contribution in [2.75, 3.05) is 20.2 Å². The molecule has 2 N–H and O–H groups in total. The SMILES string of the molecule is CCNC(=NCc1ccc(C)cc1OC)NCCCc1nc(C(C)C)no1.I. The first-order valence-electron chi connectivity index (χ1n) is 9.51. The number of halogens is 1. The largest absolute Gasteiger partial charge is 0.496 e. The van der Waals surface area contributed by atoms with Crippen LogP contribution in [0.5, 0.6) is 5.75 Å². The number of aromatic nitrogens is 2. The van der Waals surface area contributed by atoms with Crippen LogP contribution in [0.2, 0.25) is 0 Å². The van der Waals surface area contributed by atoms with Crippen molar-refractivity contribution < 1.29 is 9.26 Å². The van der Waals surface area contributed by atoms with E-state index in [1.165, 1.54) is 5.56 Å². The Labute approximate surface area is 184 Å². The highest BCUT2D eigenvalue weighted by molar-refractivity contribution is 14.0. The molecule has 0 saturated heterocycles. The molecule has 156 valence electrons. The first-order chi connectivity index (χ1) is 13.0. The van der Waals surface area contributed by atoms with Crippen molar-refractivity contribution in [2.45, 2.75) is 53.0 Å². The fraction of sp³-hybridized carbons (Fsp3) is 0.550. The molecule has 0 radical (unpaired) electrons. The summed E-state index contributed by atoms with van der Waals surface area (Å²) in [6.45, 7) is 10.3. The molecule has 1 heterocycles. The lowest BCUT2D eigenvalue weighted by Gasteiger charge is -2.12. The van der Waals surface area contributed by atoms with Gasteiger partial charge in [0.05, 0.1) is 13.7 Å². The lowest BCUT2D eigenvalue weighted by molar-refractivity contribution is 0.368. The summed E-state index contributed by atoms with van der Waals surface area (Å²) in [5.41, 5.74) is 2.23. The molecule has 1 aromatic carbocycles. The average Bonchev–Trinajstić information content (AvgIpc) is 3.13. The molecule has 0 spiro atoms. The monoisotopic (exact) mass is 501 g/mol. The van der Waals surface area contributed by atoms with E-state index in [9.17, 15) is 0 Å². The predicted octanol–water partition coefficient (Wildman–Crippen LogP) is 3.82. The molecule has 8 heteroatoms. The molecule has 0 aliphatic rings. The van der Waals surface area contributed by atoms with Crippen LogP contribution in [0.3, 0.4) is 0 Å². The third-order valence-corrected chi connectivity index (χ3v) is 4.05. The van der Waals surface area contributed by atoms with E-state index in [2.05, 4.69) is 65.6 Å². The van der Waals surface area contributed by atoms with Crippen molar-refractivity contribution in [1.29, 1.82) is 0 Å². The van der Waals surface area contributed by atoms with Crippen LogP contribution < -0.4 is 15.4 Å². The number of benzene rings is 1. The molecule has 0 fully saturated rings. The molecule has 2 aromatic rings. The van der Waals surface area contributed by atoms with Gasteiger partial charge in [-0.1, -0.05) is 31.1 Å². The molecule has 2 rings (SSSR count). The lowest BCUT2D eigenvalue weighted by Crippen LogP contribution is -2.37. The van der Waals surface area contributed by atoms with Gasteiger partial charge in [-0.15, -0.1) is 24.0 Å². The molecule has 0 amide bonds. The average molecular weight is 501 g/mol. The number of aliphatic imine (C=N–C) groups is 1. The first-order valence-corrected chi connectivity index (χ1v) is 9.51. The zero-order valence-corrected chi connectivity index (χ0v) is 19.7. The number of nitrogens with zero attached hydrogens (tertiary/aromatic N) is 3. The molecule has 0 aliphatic heterocycles. The lowest BCUT2D eigenvalue weighted by atomic mass is 10.1. The van der Waals surface area contributed by atoms with E-state index in [0.717, 1.165) is 49.0 Å². The first kappa shape index (κ1) is 24.2. The Morgan fingerprint density at radius 1 is 1.29 bits per heavy atom. The van der Waals surface area contributed by atoms with Crippen molar-refractivity contribution in [3.8, 4) is 5.75 Å². The second kappa shape index (κ2) is 12.6. The summed E-state index contributed by atoms with van der Waals surface area (Å²) in [4.78, 5) is 9.06. The van der Waals surface area contributed by atoms with Crippen LogP contribution in [0, 0.1) is 6.92 Å². The van der Waals surface area contributed by atoms with Gasteiger partial charge in [0.2, 0.25) is 5.89 Å². The Bertz CT molecular complexity index is 746. The minimum Gasteiger partial charge on any atom is -0.496 e. The molecule has 0 aliphatic carbocycles. The topological polar surface area (TPSA) is 84.6 Å². The van der Waals surface area contributed by atoms with Crippen molar-refractivity contribution in [3.05, 3.63) is 41.0 Å². The molecular formula is C20H32IN5O2. The molecule has 0 bridgehead atoms. The second-order valence-corrected chi connectivity index (χ2v) is 6.74. The van der Waals surface area contributed by atoms with Gasteiger partial charge in [-0.3, -0.25) is 0 Å². The van der Waals surface area contributed by atoms with E-state index >= 15 is 0 Å². The van der Waals surface area contributed by atoms with E-state index in [1.54, 1.807) is 7.11 Å². The van der Waals surface area contributed by atoms with Crippen LogP contribution in [0.15, 0.2) is 27.7 Å². The number of rotatable bonds is 9. The van der Waals surface area contributed by atoms with Crippen LogP contribution in [-0.4, -0.2) is 36.3 Å². The van der Waals surface area contributed by atoms with Gasteiger partial charge in [-0.05, 0) is 31.9 Å². The Hall–Kier alpha value is -1.84. The van der Waals surface area contributed by atoms with E-state index < -0.39 is 0 Å². The van der Waals surface area contributed by atoms with Crippen LogP contribution >= 0.6 is 24.0 Å². The summed E-state index contributed by atoms with van der Waals surface area (Å²) in [5.74, 6) is 3.39. The van der Waals surface area contributed by atoms with Gasteiger partial charge in [0.25, 0.3) is 0 Å². The van der Waals surface area contributed by atoms with Gasteiger partial charge in [-0.2, -0.15) is 4.98 Å². The van der Waals surface area contributed by atoms with Crippen LogP contribution in [-0.2, 0) is 13.0 Å². The van der Waals surface area contributed by atoms with Gasteiger partial charge >= 0.3 is 0 Å². The van der Waals surface area contributed by atoms with E-state index in [-0.39, 0.29) is 29.9 Å². The van der Waals surface area contributed by atoms with E-state index in [0.29, 0.717) is 12.4 Å². The van der Waals surface area contributed by atoms with Crippen molar-refractivity contribution in [1.82, 2.24) is 20.8 Å². The molecule has 0 saturated carbocycles. The zero-order valence-electron chi connectivity index (χ0n) is 17.4. The summed E-state index contributed by atoms with van der Waals surface area (Å²) < 4.78 is 10.7. The van der Waals surface area contributed by atoms with Gasteiger partial charge in [-0.25, -0.2) is 4.99 Å². The highest BCUT2D eigenvalue weighted by Crippen LogP contribution is 2.20. The minimum absolute atomic E-state index is 0. The van der Waals surface area contributed by atoms with Crippen molar-refractivity contribution in [3.63, 3.8) is 0 Å². The van der Waals surface area contributed by atoms with E-state index in [4.69, 9.17) is 9.26 Å². The number of hydrogen-bond acceptors (Lipinski definition) is 5. The Kier molecular flexibility index (Phi) is 10.9. The molecule has 0 atom stereocenters. The smallest absolute Gasteiger partial charge is 0.226 e. The quantitative estimate of drug-likeness (QED) is 0.235. The zero-order chi connectivity index (χ0) is 19.6. The summed E-state index contributed by atoms with van der Waals surface area (Å²) in [5, 5.41) is 10.6. The molecule has 28 heavy (non-hydrogen) atoms. The highest BCUT2D eigenvalue weighted by Gasteiger charge is 2.09.